The van der Waals surface area contributed by atoms with Crippen LogP contribution in [-0.4, -0.2) is 9.97 Å². The zero-order valence-corrected chi connectivity index (χ0v) is 14.5. The molecule has 0 aliphatic carbocycles. The summed E-state index contributed by atoms with van der Waals surface area (Å²) in [6, 6.07) is 8.91. The molecule has 2 aromatic carbocycles. The first-order chi connectivity index (χ1) is 12.4. The first-order valence-electron chi connectivity index (χ1n) is 7.65. The minimum absolute atomic E-state index is 0.00782. The summed E-state index contributed by atoms with van der Waals surface area (Å²) in [6.07, 6.45) is 0.546. The van der Waals surface area contributed by atoms with Crippen LogP contribution >= 0.6 is 11.6 Å². The monoisotopic (exact) mass is 376 g/mol. The Hall–Kier alpha value is -2.93. The van der Waals surface area contributed by atoms with E-state index in [9.17, 15) is 8.78 Å². The molecule has 134 valence electrons. The van der Waals surface area contributed by atoms with E-state index in [1.54, 1.807) is 24.3 Å². The van der Waals surface area contributed by atoms with Crippen LogP contribution in [0.15, 0.2) is 42.6 Å². The number of rotatable bonds is 4. The Morgan fingerprint density at radius 2 is 1.69 bits per heavy atom. The van der Waals surface area contributed by atoms with Crippen molar-refractivity contribution in [3.8, 4) is 17.1 Å². The molecule has 26 heavy (non-hydrogen) atoms. The molecule has 5 nitrogen and oxygen atoms in total. The highest BCUT2D eigenvalue weighted by Gasteiger charge is 2.21. The van der Waals surface area contributed by atoms with Gasteiger partial charge in [-0.25, -0.2) is 18.7 Å². The van der Waals surface area contributed by atoms with Gasteiger partial charge in [0.05, 0.1) is 16.9 Å². The number of hydrogen-bond donors (Lipinski definition) is 2. The lowest BCUT2D eigenvalue weighted by molar-refractivity contribution is 0.213. The summed E-state index contributed by atoms with van der Waals surface area (Å²) in [7, 11) is 0. The Bertz CT molecular complexity index is 951. The van der Waals surface area contributed by atoms with Gasteiger partial charge in [-0.3, -0.25) is 0 Å². The number of nitrogen functional groups attached to an aromatic ring is 2. The third-order valence-electron chi connectivity index (χ3n) is 3.75. The number of anilines is 2. The van der Waals surface area contributed by atoms with Crippen LogP contribution in [0.5, 0.6) is 5.88 Å². The average Bonchev–Trinajstić information content (AvgIpc) is 2.61. The number of aromatic nitrogens is 2. The maximum Gasteiger partial charge on any atom is 0.258 e. The molecule has 1 atom stereocenters. The Morgan fingerprint density at radius 1 is 1.04 bits per heavy atom. The molecule has 3 rings (SSSR count). The van der Waals surface area contributed by atoms with Gasteiger partial charge in [0.15, 0.2) is 5.82 Å². The van der Waals surface area contributed by atoms with Crippen LogP contribution in [0, 0.1) is 11.6 Å². The minimum Gasteiger partial charge on any atom is -0.467 e. The third kappa shape index (κ3) is 3.52. The second-order valence-corrected chi connectivity index (χ2v) is 5.96. The number of nitrogens with zero attached hydrogens (tertiary/aromatic N) is 2. The van der Waals surface area contributed by atoms with Gasteiger partial charge in [-0.2, -0.15) is 0 Å². The van der Waals surface area contributed by atoms with Crippen molar-refractivity contribution < 1.29 is 13.5 Å². The fourth-order valence-electron chi connectivity index (χ4n) is 2.40. The van der Waals surface area contributed by atoms with E-state index in [0.29, 0.717) is 11.4 Å². The van der Waals surface area contributed by atoms with E-state index in [4.69, 9.17) is 27.8 Å². The summed E-state index contributed by atoms with van der Waals surface area (Å²) in [4.78, 5) is 8.35. The number of hydrogen-bond acceptors (Lipinski definition) is 5. The largest absolute Gasteiger partial charge is 0.467 e. The molecule has 0 spiro atoms. The molecule has 4 N–H and O–H groups in total. The van der Waals surface area contributed by atoms with Crippen molar-refractivity contribution in [3.05, 3.63) is 64.8 Å². The fourth-order valence-corrected chi connectivity index (χ4v) is 2.71. The van der Waals surface area contributed by atoms with Gasteiger partial charge in [0.1, 0.15) is 17.7 Å². The molecule has 1 aromatic heterocycles. The molecule has 1 unspecified atom stereocenters. The van der Waals surface area contributed by atoms with Crippen LogP contribution < -0.4 is 16.2 Å². The molecular formula is C18H15ClF2N4O. The van der Waals surface area contributed by atoms with E-state index in [-0.39, 0.29) is 22.3 Å². The van der Waals surface area contributed by atoms with Crippen molar-refractivity contribution in [3.63, 3.8) is 0 Å². The SMILES string of the molecule is CC(Oc1nc(-c2ccc(N)cc2)cnc1N)c1c(F)ccc(F)c1Cl. The van der Waals surface area contributed by atoms with Crippen molar-refractivity contribution in [2.45, 2.75) is 13.0 Å². The van der Waals surface area contributed by atoms with E-state index < -0.39 is 17.7 Å². The zero-order chi connectivity index (χ0) is 18.8. The maximum atomic E-state index is 14.1. The van der Waals surface area contributed by atoms with Crippen LogP contribution in [0.25, 0.3) is 11.3 Å². The van der Waals surface area contributed by atoms with Gasteiger partial charge >= 0.3 is 0 Å². The number of benzene rings is 2. The molecule has 0 amide bonds. The normalized spacial score (nSPS) is 12.0. The molecule has 0 fully saturated rings. The summed E-state index contributed by atoms with van der Waals surface area (Å²) in [5, 5.41) is -0.348. The van der Waals surface area contributed by atoms with Crippen LogP contribution in [0.3, 0.4) is 0 Å². The molecule has 0 saturated heterocycles. The van der Waals surface area contributed by atoms with E-state index in [2.05, 4.69) is 9.97 Å². The smallest absolute Gasteiger partial charge is 0.258 e. The van der Waals surface area contributed by atoms with Gasteiger partial charge in [0.2, 0.25) is 0 Å². The Labute approximate surface area is 153 Å². The van der Waals surface area contributed by atoms with E-state index in [0.717, 1.165) is 17.7 Å². The number of nitrogens with two attached hydrogens (primary N) is 2. The number of ether oxygens (including phenoxy) is 1. The van der Waals surface area contributed by atoms with Crippen LogP contribution in [-0.2, 0) is 0 Å². The maximum absolute atomic E-state index is 14.1. The van der Waals surface area contributed by atoms with Crippen molar-refractivity contribution in [1.82, 2.24) is 9.97 Å². The van der Waals surface area contributed by atoms with Crippen molar-refractivity contribution in [2.24, 2.45) is 0 Å². The highest BCUT2D eigenvalue weighted by Crippen LogP contribution is 2.33. The Kier molecular flexibility index (Phi) is 4.90. The molecule has 0 bridgehead atoms. The summed E-state index contributed by atoms with van der Waals surface area (Å²) >= 11 is 5.87. The van der Waals surface area contributed by atoms with Gasteiger partial charge in [-0.05, 0) is 31.2 Å². The predicted octanol–water partition coefficient (Wildman–Crippen LogP) is 4.38. The van der Waals surface area contributed by atoms with Crippen molar-refractivity contribution in [2.75, 3.05) is 11.5 Å². The molecule has 0 aliphatic heterocycles. The summed E-state index contributed by atoms with van der Waals surface area (Å²) < 4.78 is 33.3. The quantitative estimate of drug-likeness (QED) is 0.521. The highest BCUT2D eigenvalue weighted by molar-refractivity contribution is 6.31. The Balaban J connectivity index is 1.94. The third-order valence-corrected chi connectivity index (χ3v) is 4.13. The molecular weight excluding hydrogens is 362 g/mol. The summed E-state index contributed by atoms with van der Waals surface area (Å²) in [5.41, 5.74) is 13.2. The second-order valence-electron chi connectivity index (χ2n) is 5.58. The van der Waals surface area contributed by atoms with Gasteiger partial charge < -0.3 is 16.2 Å². The Morgan fingerprint density at radius 3 is 2.38 bits per heavy atom. The summed E-state index contributed by atoms with van der Waals surface area (Å²) in [5.74, 6) is -1.42. The van der Waals surface area contributed by atoms with Crippen LogP contribution in [0.2, 0.25) is 5.02 Å². The number of halogens is 3. The topological polar surface area (TPSA) is 87.0 Å². The van der Waals surface area contributed by atoms with Crippen LogP contribution in [0.1, 0.15) is 18.6 Å². The lowest BCUT2D eigenvalue weighted by atomic mass is 10.1. The molecule has 0 saturated carbocycles. The average molecular weight is 377 g/mol. The van der Waals surface area contributed by atoms with Crippen molar-refractivity contribution in [1.29, 1.82) is 0 Å². The lowest BCUT2D eigenvalue weighted by Crippen LogP contribution is -2.10. The van der Waals surface area contributed by atoms with Crippen molar-refractivity contribution >= 4 is 23.1 Å². The van der Waals surface area contributed by atoms with E-state index in [1.807, 2.05) is 0 Å². The fraction of sp³-hybridized carbons (Fsp3) is 0.111. The minimum atomic E-state index is -0.934. The molecule has 3 aromatic rings. The first kappa shape index (κ1) is 17.9. The standard InChI is InChI=1S/C18H15ClF2N4O/c1-9(15-12(20)6-7-13(21)16(15)19)26-18-17(23)24-8-14(25-18)10-2-4-11(22)5-3-10/h2-9H,22H2,1H3,(H2,23,24). The predicted molar refractivity (Wildman–Crippen MR) is 96.7 cm³/mol. The zero-order valence-electron chi connectivity index (χ0n) is 13.7. The molecule has 8 heteroatoms. The molecule has 1 heterocycles. The van der Waals surface area contributed by atoms with Crippen LogP contribution in [0.4, 0.5) is 20.3 Å². The first-order valence-corrected chi connectivity index (χ1v) is 8.03. The highest BCUT2D eigenvalue weighted by atomic mass is 35.5. The van der Waals surface area contributed by atoms with E-state index in [1.165, 1.54) is 13.1 Å². The van der Waals surface area contributed by atoms with Gasteiger partial charge in [-0.15, -0.1) is 0 Å². The van der Waals surface area contributed by atoms with Gasteiger partial charge in [-0.1, -0.05) is 23.7 Å². The summed E-state index contributed by atoms with van der Waals surface area (Å²) in [6.45, 7) is 1.51. The molecule has 0 radical (unpaired) electrons. The molecule has 0 aliphatic rings. The van der Waals surface area contributed by atoms with Gasteiger partial charge in [0.25, 0.3) is 5.88 Å². The van der Waals surface area contributed by atoms with E-state index >= 15 is 0 Å². The van der Waals surface area contributed by atoms with Gasteiger partial charge in [0, 0.05) is 16.8 Å². The lowest BCUT2D eigenvalue weighted by Gasteiger charge is -2.18. The second kappa shape index (κ2) is 7.13.